The van der Waals surface area contributed by atoms with Crippen molar-refractivity contribution in [2.45, 2.75) is 0 Å². The number of nitrogens with zero attached hydrogens (tertiary/aromatic N) is 2. The SMILES string of the molecule is [CH2]c1ncc(C#N)c2ccccc12. The zero-order valence-corrected chi connectivity index (χ0v) is 6.99. The predicted molar refractivity (Wildman–Crippen MR) is 50.9 cm³/mol. The quantitative estimate of drug-likeness (QED) is 0.603. The Morgan fingerprint density at radius 1 is 1.23 bits per heavy atom. The van der Waals surface area contributed by atoms with Crippen molar-refractivity contribution in [1.82, 2.24) is 4.98 Å². The number of benzene rings is 1. The Kier molecular flexibility index (Phi) is 1.71. The third-order valence-electron chi connectivity index (χ3n) is 2.00. The Morgan fingerprint density at radius 2 is 1.92 bits per heavy atom. The molecule has 1 aromatic carbocycles. The molecular formula is C11H7N2. The maximum Gasteiger partial charge on any atom is 0.101 e. The van der Waals surface area contributed by atoms with Gasteiger partial charge >= 0.3 is 0 Å². The molecule has 0 spiro atoms. The van der Waals surface area contributed by atoms with Crippen LogP contribution >= 0.6 is 0 Å². The summed E-state index contributed by atoms with van der Waals surface area (Å²) in [6.45, 7) is 3.80. The standard InChI is InChI=1S/C11H7N2/c1-8-10-4-2-3-5-11(10)9(6-12)7-13-8/h2-5,7H,1H2. The van der Waals surface area contributed by atoms with Gasteiger partial charge in [-0.25, -0.2) is 0 Å². The molecule has 2 aromatic rings. The fraction of sp³-hybridized carbons (Fsp3) is 0. The van der Waals surface area contributed by atoms with Crippen LogP contribution in [0.15, 0.2) is 30.5 Å². The Bertz CT molecular complexity index is 495. The highest BCUT2D eigenvalue weighted by Gasteiger charge is 2.02. The maximum atomic E-state index is 8.82. The summed E-state index contributed by atoms with van der Waals surface area (Å²) in [6, 6.07) is 9.76. The first-order chi connectivity index (χ1) is 6.33. The maximum absolute atomic E-state index is 8.82. The van der Waals surface area contributed by atoms with Crippen LogP contribution in [0.25, 0.3) is 10.8 Å². The van der Waals surface area contributed by atoms with E-state index in [1.54, 1.807) is 6.20 Å². The van der Waals surface area contributed by atoms with Crippen LogP contribution < -0.4 is 0 Å². The largest absolute Gasteiger partial charge is 0.259 e. The van der Waals surface area contributed by atoms with Crippen LogP contribution in [0.2, 0.25) is 0 Å². The summed E-state index contributed by atoms with van der Waals surface area (Å²) in [5.41, 5.74) is 1.32. The van der Waals surface area contributed by atoms with Crippen molar-refractivity contribution in [3.63, 3.8) is 0 Å². The summed E-state index contributed by atoms with van der Waals surface area (Å²) in [7, 11) is 0. The minimum absolute atomic E-state index is 0.600. The molecule has 0 unspecified atom stereocenters. The molecule has 0 saturated carbocycles. The van der Waals surface area contributed by atoms with Crippen molar-refractivity contribution in [2.24, 2.45) is 0 Å². The highest BCUT2D eigenvalue weighted by atomic mass is 14.7. The van der Waals surface area contributed by atoms with Crippen molar-refractivity contribution in [2.75, 3.05) is 0 Å². The number of nitriles is 1. The number of pyridine rings is 1. The normalized spacial score (nSPS) is 9.85. The fourth-order valence-electron chi connectivity index (χ4n) is 1.34. The van der Waals surface area contributed by atoms with Gasteiger partial charge in [-0.2, -0.15) is 5.26 Å². The highest BCUT2D eigenvalue weighted by Crippen LogP contribution is 2.19. The molecule has 0 bridgehead atoms. The lowest BCUT2D eigenvalue weighted by molar-refractivity contribution is 1.29. The second kappa shape index (κ2) is 2.87. The Labute approximate surface area is 76.5 Å². The van der Waals surface area contributed by atoms with Crippen LogP contribution in [0.3, 0.4) is 0 Å². The molecular weight excluding hydrogens is 160 g/mol. The van der Waals surface area contributed by atoms with E-state index in [1.807, 2.05) is 24.3 Å². The van der Waals surface area contributed by atoms with Crippen LogP contribution in [0.1, 0.15) is 11.3 Å². The summed E-state index contributed by atoms with van der Waals surface area (Å²) < 4.78 is 0. The molecule has 0 saturated heterocycles. The van der Waals surface area contributed by atoms with Gasteiger partial charge in [-0.15, -0.1) is 0 Å². The van der Waals surface area contributed by atoms with Gasteiger partial charge in [0.25, 0.3) is 0 Å². The lowest BCUT2D eigenvalue weighted by atomic mass is 10.1. The van der Waals surface area contributed by atoms with E-state index in [4.69, 9.17) is 5.26 Å². The van der Waals surface area contributed by atoms with Gasteiger partial charge in [0.15, 0.2) is 0 Å². The van der Waals surface area contributed by atoms with E-state index in [0.29, 0.717) is 5.56 Å². The molecule has 61 valence electrons. The van der Waals surface area contributed by atoms with Gasteiger partial charge in [0.05, 0.1) is 5.56 Å². The molecule has 0 aliphatic rings. The van der Waals surface area contributed by atoms with E-state index >= 15 is 0 Å². The van der Waals surface area contributed by atoms with Gasteiger partial charge in [-0.1, -0.05) is 24.3 Å². The highest BCUT2D eigenvalue weighted by molar-refractivity contribution is 5.89. The van der Waals surface area contributed by atoms with Gasteiger partial charge in [0.2, 0.25) is 0 Å². The smallest absolute Gasteiger partial charge is 0.101 e. The minimum Gasteiger partial charge on any atom is -0.259 e. The number of fused-ring (bicyclic) bond motifs is 1. The van der Waals surface area contributed by atoms with Gasteiger partial charge in [-0.3, -0.25) is 4.98 Å². The van der Waals surface area contributed by atoms with Crippen LogP contribution in [-0.4, -0.2) is 4.98 Å². The van der Waals surface area contributed by atoms with Crippen molar-refractivity contribution in [3.8, 4) is 6.07 Å². The summed E-state index contributed by atoms with van der Waals surface area (Å²) in [5, 5.41) is 10.7. The molecule has 2 nitrogen and oxygen atoms in total. The summed E-state index contributed by atoms with van der Waals surface area (Å²) >= 11 is 0. The molecule has 1 heterocycles. The Hall–Kier alpha value is -1.88. The van der Waals surface area contributed by atoms with Crippen molar-refractivity contribution in [3.05, 3.63) is 48.6 Å². The summed E-state index contributed by atoms with van der Waals surface area (Å²) in [4.78, 5) is 4.04. The van der Waals surface area contributed by atoms with E-state index in [-0.39, 0.29) is 0 Å². The third-order valence-corrected chi connectivity index (χ3v) is 2.00. The molecule has 0 atom stereocenters. The molecule has 0 aliphatic heterocycles. The van der Waals surface area contributed by atoms with Crippen LogP contribution in [0.4, 0.5) is 0 Å². The van der Waals surface area contributed by atoms with Crippen LogP contribution in [0.5, 0.6) is 0 Å². The third kappa shape index (κ3) is 1.15. The van der Waals surface area contributed by atoms with E-state index in [2.05, 4.69) is 18.0 Å². The minimum atomic E-state index is 0.600. The van der Waals surface area contributed by atoms with Crippen LogP contribution in [0, 0.1) is 18.3 Å². The molecule has 0 fully saturated rings. The van der Waals surface area contributed by atoms with E-state index in [9.17, 15) is 0 Å². The molecule has 2 heteroatoms. The van der Waals surface area contributed by atoms with Gasteiger partial charge < -0.3 is 0 Å². The average molecular weight is 167 g/mol. The Balaban J connectivity index is 2.95. The zero-order valence-electron chi connectivity index (χ0n) is 6.99. The first kappa shape index (κ1) is 7.75. The Morgan fingerprint density at radius 3 is 2.62 bits per heavy atom. The number of hydrogen-bond donors (Lipinski definition) is 0. The predicted octanol–water partition coefficient (Wildman–Crippen LogP) is 2.29. The summed E-state index contributed by atoms with van der Waals surface area (Å²) in [5.74, 6) is 0. The number of hydrogen-bond acceptors (Lipinski definition) is 2. The van der Waals surface area contributed by atoms with Gasteiger partial charge in [0.1, 0.15) is 6.07 Å². The molecule has 1 radical (unpaired) electrons. The first-order valence-corrected chi connectivity index (χ1v) is 3.92. The molecule has 13 heavy (non-hydrogen) atoms. The van der Waals surface area contributed by atoms with Crippen molar-refractivity contribution >= 4 is 10.8 Å². The van der Waals surface area contributed by atoms with E-state index in [1.165, 1.54) is 0 Å². The van der Waals surface area contributed by atoms with E-state index < -0.39 is 0 Å². The first-order valence-electron chi connectivity index (χ1n) is 3.92. The van der Waals surface area contributed by atoms with Gasteiger partial charge in [-0.05, 0) is 6.92 Å². The number of aromatic nitrogens is 1. The van der Waals surface area contributed by atoms with Crippen LogP contribution in [-0.2, 0) is 0 Å². The van der Waals surface area contributed by atoms with Crippen molar-refractivity contribution < 1.29 is 0 Å². The molecule has 0 amide bonds. The van der Waals surface area contributed by atoms with Crippen molar-refractivity contribution in [1.29, 1.82) is 5.26 Å². The second-order valence-corrected chi connectivity index (χ2v) is 2.78. The average Bonchev–Trinajstić information content (AvgIpc) is 2.19. The van der Waals surface area contributed by atoms with Gasteiger partial charge in [0, 0.05) is 22.7 Å². The summed E-state index contributed by atoms with van der Waals surface area (Å²) in [6.07, 6.45) is 1.56. The topological polar surface area (TPSA) is 36.7 Å². The monoisotopic (exact) mass is 167 g/mol. The molecule has 1 aromatic heterocycles. The number of rotatable bonds is 0. The molecule has 0 aliphatic carbocycles. The fourth-order valence-corrected chi connectivity index (χ4v) is 1.34. The molecule has 2 rings (SSSR count). The molecule has 0 N–H and O–H groups in total. The van der Waals surface area contributed by atoms with E-state index in [0.717, 1.165) is 16.5 Å². The lowest BCUT2D eigenvalue weighted by Gasteiger charge is -2.01. The zero-order chi connectivity index (χ0) is 9.26. The second-order valence-electron chi connectivity index (χ2n) is 2.78. The lowest BCUT2D eigenvalue weighted by Crippen LogP contribution is -1.87.